The monoisotopic (exact) mass is 296 g/mol. The van der Waals surface area contributed by atoms with Gasteiger partial charge >= 0.3 is 0 Å². The summed E-state index contributed by atoms with van der Waals surface area (Å²) in [6, 6.07) is 0. The summed E-state index contributed by atoms with van der Waals surface area (Å²) >= 11 is 5.88. The number of rotatable bonds is 7. The van der Waals surface area contributed by atoms with Crippen LogP contribution in [0.3, 0.4) is 0 Å². The third kappa shape index (κ3) is 4.39. The largest absolute Gasteiger partial charge is 0.354 e. The lowest BCUT2D eigenvalue weighted by atomic mass is 10.3. The van der Waals surface area contributed by atoms with Crippen molar-refractivity contribution >= 4 is 17.5 Å². The lowest BCUT2D eigenvalue weighted by Gasteiger charge is -2.09. The van der Waals surface area contributed by atoms with Crippen molar-refractivity contribution in [1.29, 1.82) is 0 Å². The SMILES string of the molecule is CN(C)CCCCNc1nc(Cl)nc(-n2cncn2)n1. The van der Waals surface area contributed by atoms with Gasteiger partial charge in [-0.2, -0.15) is 24.7 Å². The molecule has 0 amide bonds. The fraction of sp³-hybridized carbons (Fsp3) is 0.545. The fourth-order valence-electron chi connectivity index (χ4n) is 1.59. The van der Waals surface area contributed by atoms with E-state index in [4.69, 9.17) is 11.6 Å². The van der Waals surface area contributed by atoms with Crippen LogP contribution in [0.1, 0.15) is 12.8 Å². The zero-order valence-electron chi connectivity index (χ0n) is 11.5. The number of unbranched alkanes of at least 4 members (excludes halogenated alkanes) is 1. The Morgan fingerprint density at radius 1 is 1.25 bits per heavy atom. The van der Waals surface area contributed by atoms with Gasteiger partial charge in [-0.15, -0.1) is 0 Å². The predicted octanol–water partition coefficient (Wildman–Crippen LogP) is 0.859. The summed E-state index contributed by atoms with van der Waals surface area (Å²) in [7, 11) is 4.12. The first-order chi connectivity index (χ1) is 9.65. The Morgan fingerprint density at radius 2 is 2.10 bits per heavy atom. The van der Waals surface area contributed by atoms with Crippen LogP contribution in [0.2, 0.25) is 5.28 Å². The molecular weight excluding hydrogens is 280 g/mol. The van der Waals surface area contributed by atoms with Crippen LogP contribution in [-0.4, -0.2) is 61.8 Å². The Labute approximate surface area is 122 Å². The van der Waals surface area contributed by atoms with Crippen LogP contribution < -0.4 is 5.32 Å². The van der Waals surface area contributed by atoms with E-state index in [-0.39, 0.29) is 5.28 Å². The van der Waals surface area contributed by atoms with Gasteiger partial charge in [-0.1, -0.05) is 0 Å². The van der Waals surface area contributed by atoms with Crippen LogP contribution in [0.25, 0.3) is 5.95 Å². The molecular formula is C11H17ClN8. The van der Waals surface area contributed by atoms with Gasteiger partial charge in [0.05, 0.1) is 0 Å². The topological polar surface area (TPSA) is 84.6 Å². The van der Waals surface area contributed by atoms with Gasteiger partial charge in [0, 0.05) is 6.54 Å². The molecule has 9 heteroatoms. The highest BCUT2D eigenvalue weighted by molar-refractivity contribution is 6.28. The number of nitrogens with one attached hydrogen (secondary N) is 1. The minimum atomic E-state index is 0.126. The predicted molar refractivity (Wildman–Crippen MR) is 76.0 cm³/mol. The second-order valence-electron chi connectivity index (χ2n) is 4.51. The molecule has 0 aromatic carbocycles. The number of aromatic nitrogens is 6. The van der Waals surface area contributed by atoms with E-state index in [1.54, 1.807) is 0 Å². The second-order valence-corrected chi connectivity index (χ2v) is 4.84. The van der Waals surface area contributed by atoms with Crippen LogP contribution in [0.5, 0.6) is 0 Å². The zero-order chi connectivity index (χ0) is 14.4. The van der Waals surface area contributed by atoms with Gasteiger partial charge in [-0.25, -0.2) is 4.98 Å². The molecule has 0 aliphatic carbocycles. The number of halogens is 1. The van der Waals surface area contributed by atoms with Gasteiger partial charge in [0.15, 0.2) is 0 Å². The van der Waals surface area contributed by atoms with E-state index in [2.05, 4.69) is 49.3 Å². The first-order valence-corrected chi connectivity index (χ1v) is 6.68. The van der Waals surface area contributed by atoms with E-state index < -0.39 is 0 Å². The van der Waals surface area contributed by atoms with E-state index in [0.717, 1.165) is 25.9 Å². The zero-order valence-corrected chi connectivity index (χ0v) is 12.2. The first kappa shape index (κ1) is 14.6. The Kier molecular flexibility index (Phi) is 5.19. The molecule has 0 aliphatic rings. The molecule has 0 spiro atoms. The van der Waals surface area contributed by atoms with Gasteiger partial charge in [0.2, 0.25) is 11.2 Å². The number of anilines is 1. The van der Waals surface area contributed by atoms with Crippen LogP contribution in [0.15, 0.2) is 12.7 Å². The van der Waals surface area contributed by atoms with Crippen LogP contribution in [-0.2, 0) is 0 Å². The second kappa shape index (κ2) is 7.11. The van der Waals surface area contributed by atoms with Crippen LogP contribution >= 0.6 is 11.6 Å². The van der Waals surface area contributed by atoms with Gasteiger partial charge in [-0.3, -0.25) is 0 Å². The highest BCUT2D eigenvalue weighted by Crippen LogP contribution is 2.08. The smallest absolute Gasteiger partial charge is 0.258 e. The molecule has 2 aromatic rings. The molecule has 0 aliphatic heterocycles. The van der Waals surface area contributed by atoms with E-state index in [1.807, 2.05) is 0 Å². The first-order valence-electron chi connectivity index (χ1n) is 6.30. The molecule has 0 unspecified atom stereocenters. The van der Waals surface area contributed by atoms with E-state index >= 15 is 0 Å². The van der Waals surface area contributed by atoms with E-state index in [1.165, 1.54) is 17.3 Å². The van der Waals surface area contributed by atoms with Crippen molar-refractivity contribution in [2.45, 2.75) is 12.8 Å². The average molecular weight is 297 g/mol. The quantitative estimate of drug-likeness (QED) is 0.758. The molecule has 0 atom stereocenters. The summed E-state index contributed by atoms with van der Waals surface area (Å²) in [6.45, 7) is 1.84. The van der Waals surface area contributed by atoms with E-state index in [9.17, 15) is 0 Å². The lowest BCUT2D eigenvalue weighted by Crippen LogP contribution is -2.15. The number of nitrogens with zero attached hydrogens (tertiary/aromatic N) is 7. The van der Waals surface area contributed by atoms with Crippen molar-refractivity contribution < 1.29 is 0 Å². The van der Waals surface area contributed by atoms with Gasteiger partial charge < -0.3 is 10.2 Å². The maximum atomic E-state index is 5.88. The van der Waals surface area contributed by atoms with Gasteiger partial charge in [-0.05, 0) is 45.1 Å². The van der Waals surface area contributed by atoms with Crippen molar-refractivity contribution in [1.82, 2.24) is 34.6 Å². The fourth-order valence-corrected chi connectivity index (χ4v) is 1.74. The molecule has 0 bridgehead atoms. The molecule has 0 saturated heterocycles. The Morgan fingerprint density at radius 3 is 2.80 bits per heavy atom. The highest BCUT2D eigenvalue weighted by Gasteiger charge is 2.07. The molecule has 20 heavy (non-hydrogen) atoms. The standard InChI is InChI=1S/C11H17ClN8/c1-19(2)6-4-3-5-14-10-16-9(12)17-11(18-10)20-8-13-7-15-20/h7-8H,3-6H2,1-2H3,(H,14,16,17,18). The van der Waals surface area contributed by atoms with Crippen molar-refractivity contribution in [3.8, 4) is 5.95 Å². The normalized spacial score (nSPS) is 11.0. The number of hydrogen-bond acceptors (Lipinski definition) is 7. The third-order valence-corrected chi connectivity index (χ3v) is 2.70. The van der Waals surface area contributed by atoms with Crippen LogP contribution in [0, 0.1) is 0 Å². The van der Waals surface area contributed by atoms with Crippen molar-refractivity contribution in [3.63, 3.8) is 0 Å². The number of hydrogen-bond donors (Lipinski definition) is 1. The van der Waals surface area contributed by atoms with Gasteiger partial charge in [0.1, 0.15) is 12.7 Å². The molecule has 2 aromatic heterocycles. The van der Waals surface area contributed by atoms with Crippen molar-refractivity contribution in [3.05, 3.63) is 17.9 Å². The lowest BCUT2D eigenvalue weighted by molar-refractivity contribution is 0.396. The molecule has 0 saturated carbocycles. The molecule has 2 rings (SSSR count). The molecule has 2 heterocycles. The Bertz CT molecular complexity index is 527. The van der Waals surface area contributed by atoms with Crippen molar-refractivity contribution in [2.75, 3.05) is 32.5 Å². The summed E-state index contributed by atoms with van der Waals surface area (Å²) < 4.78 is 1.44. The Balaban J connectivity index is 1.92. The maximum absolute atomic E-state index is 5.88. The average Bonchev–Trinajstić information content (AvgIpc) is 2.91. The van der Waals surface area contributed by atoms with E-state index in [0.29, 0.717) is 11.9 Å². The minimum absolute atomic E-state index is 0.126. The summed E-state index contributed by atoms with van der Waals surface area (Å²) in [5, 5.41) is 7.22. The van der Waals surface area contributed by atoms with Crippen LogP contribution in [0.4, 0.5) is 5.95 Å². The summed E-state index contributed by atoms with van der Waals surface area (Å²) in [5.41, 5.74) is 0. The maximum Gasteiger partial charge on any atom is 0.258 e. The van der Waals surface area contributed by atoms with Gasteiger partial charge in [0.25, 0.3) is 5.95 Å². The summed E-state index contributed by atoms with van der Waals surface area (Å²) in [6.07, 6.45) is 5.05. The minimum Gasteiger partial charge on any atom is -0.354 e. The highest BCUT2D eigenvalue weighted by atomic mass is 35.5. The molecule has 8 nitrogen and oxygen atoms in total. The summed E-state index contributed by atoms with van der Waals surface area (Å²) in [5.74, 6) is 0.790. The Hall–Kier alpha value is -1.80. The molecule has 0 fully saturated rings. The van der Waals surface area contributed by atoms with Crippen molar-refractivity contribution in [2.24, 2.45) is 0 Å². The molecule has 0 radical (unpaired) electrons. The third-order valence-electron chi connectivity index (χ3n) is 2.54. The summed E-state index contributed by atoms with van der Waals surface area (Å²) in [4.78, 5) is 18.3. The molecule has 108 valence electrons. The molecule has 1 N–H and O–H groups in total.